The van der Waals surface area contributed by atoms with Crippen LogP contribution in [0.5, 0.6) is 0 Å². The van der Waals surface area contributed by atoms with Crippen molar-refractivity contribution in [2.75, 3.05) is 26.2 Å². The molecule has 0 spiro atoms. The van der Waals surface area contributed by atoms with Crippen LogP contribution in [0.3, 0.4) is 0 Å². The highest BCUT2D eigenvalue weighted by Crippen LogP contribution is 2.40. The molecule has 7 nitrogen and oxygen atoms in total. The maximum Gasteiger partial charge on any atom is 0.338 e. The number of fused-ring (bicyclic) bond motifs is 1. The molecule has 2 aliphatic rings. The lowest BCUT2D eigenvalue weighted by atomic mass is 9.93. The number of piperazine rings is 1. The first-order chi connectivity index (χ1) is 14.9. The Morgan fingerprint density at radius 2 is 2.16 bits per heavy atom. The lowest BCUT2D eigenvalue weighted by Gasteiger charge is -2.42. The maximum absolute atomic E-state index is 13.8. The molecule has 3 heterocycles. The summed E-state index contributed by atoms with van der Waals surface area (Å²) in [6.45, 7) is 4.68. The second-order valence-electron chi connectivity index (χ2n) is 7.03. The molecule has 1 saturated heterocycles. The summed E-state index contributed by atoms with van der Waals surface area (Å²) in [6.07, 6.45) is 1.70. The molecule has 1 aromatic carbocycles. The van der Waals surface area contributed by atoms with Gasteiger partial charge in [-0.15, -0.1) is 11.3 Å². The third kappa shape index (κ3) is 4.14. The first kappa shape index (κ1) is 21.6. The molecule has 31 heavy (non-hydrogen) atoms. The number of rotatable bonds is 4. The Balaban J connectivity index is 1.92. The summed E-state index contributed by atoms with van der Waals surface area (Å²) in [5.74, 6) is -0.352. The summed E-state index contributed by atoms with van der Waals surface area (Å²) < 4.78 is 19.6. The summed E-state index contributed by atoms with van der Waals surface area (Å²) in [5.41, 5.74) is 1.63. The highest BCUT2D eigenvalue weighted by atomic mass is 79.9. The number of esters is 1. The molecule has 2 aliphatic heterocycles. The molecule has 0 aliphatic carbocycles. The average molecular weight is 507 g/mol. The van der Waals surface area contributed by atoms with Crippen molar-refractivity contribution < 1.29 is 18.7 Å². The molecule has 0 saturated carbocycles. The van der Waals surface area contributed by atoms with Crippen molar-refractivity contribution in [1.29, 1.82) is 0 Å². The van der Waals surface area contributed by atoms with Crippen LogP contribution in [0.25, 0.3) is 0 Å². The standard InChI is InChI=1S/C21H20BrFN4O3S/c1-3-30-21(29)17-16-11-26(12(2)28)7-8-27(16)19(20-24-6-9-31-20)25-18(17)14-5-4-13(23)10-15(14)22/h4-6,9-10,18H,3,7-8,11H2,1-2H3. The Bertz CT molecular complexity index is 1090. The number of amides is 1. The minimum atomic E-state index is -0.730. The summed E-state index contributed by atoms with van der Waals surface area (Å²) in [7, 11) is 0. The van der Waals surface area contributed by atoms with Gasteiger partial charge in [0.25, 0.3) is 0 Å². The molecule has 1 atom stereocenters. The molecule has 1 aromatic heterocycles. The van der Waals surface area contributed by atoms with Crippen molar-refractivity contribution in [2.45, 2.75) is 19.9 Å². The van der Waals surface area contributed by atoms with E-state index in [-0.39, 0.29) is 19.1 Å². The quantitative estimate of drug-likeness (QED) is 0.593. The van der Waals surface area contributed by atoms with E-state index >= 15 is 0 Å². The Labute approximate surface area is 191 Å². The fraction of sp³-hybridized carbons (Fsp3) is 0.333. The topological polar surface area (TPSA) is 75.1 Å². The molecule has 1 unspecified atom stereocenters. The third-order valence-corrected chi connectivity index (χ3v) is 6.63. The van der Waals surface area contributed by atoms with Gasteiger partial charge in [-0.2, -0.15) is 0 Å². The Hall–Kier alpha value is -2.59. The number of aromatic nitrogens is 1. The molecule has 1 fully saturated rings. The molecule has 2 aromatic rings. The predicted octanol–water partition coefficient (Wildman–Crippen LogP) is 3.53. The fourth-order valence-electron chi connectivity index (χ4n) is 3.74. The van der Waals surface area contributed by atoms with Gasteiger partial charge in [-0.1, -0.05) is 22.0 Å². The lowest BCUT2D eigenvalue weighted by molar-refractivity contribution is -0.139. The minimum absolute atomic E-state index is 0.0758. The molecule has 4 rings (SSSR count). The number of carbonyl (C=O) groups excluding carboxylic acids is 2. The van der Waals surface area contributed by atoms with Crippen molar-refractivity contribution in [2.24, 2.45) is 4.99 Å². The second-order valence-corrected chi connectivity index (χ2v) is 8.78. The second kappa shape index (κ2) is 8.88. The minimum Gasteiger partial charge on any atom is -0.463 e. The van der Waals surface area contributed by atoms with Gasteiger partial charge >= 0.3 is 5.97 Å². The first-order valence-electron chi connectivity index (χ1n) is 9.76. The normalized spacial score (nSPS) is 18.6. The molecule has 1 amide bonds. The van der Waals surface area contributed by atoms with Crippen LogP contribution in [0, 0.1) is 5.82 Å². The smallest absolute Gasteiger partial charge is 0.338 e. The fourth-order valence-corrected chi connectivity index (χ4v) is 4.95. The van der Waals surface area contributed by atoms with Gasteiger partial charge in [0.1, 0.15) is 11.9 Å². The highest BCUT2D eigenvalue weighted by Gasteiger charge is 2.40. The van der Waals surface area contributed by atoms with Crippen molar-refractivity contribution in [3.05, 3.63) is 61.9 Å². The van der Waals surface area contributed by atoms with E-state index in [0.29, 0.717) is 45.2 Å². The van der Waals surface area contributed by atoms with Gasteiger partial charge < -0.3 is 14.5 Å². The number of hydrogen-bond acceptors (Lipinski definition) is 7. The van der Waals surface area contributed by atoms with Crippen LogP contribution in [0.1, 0.15) is 30.5 Å². The van der Waals surface area contributed by atoms with Crippen LogP contribution < -0.4 is 0 Å². The van der Waals surface area contributed by atoms with E-state index in [4.69, 9.17) is 9.73 Å². The Morgan fingerprint density at radius 3 is 2.81 bits per heavy atom. The first-order valence-corrected chi connectivity index (χ1v) is 11.4. The van der Waals surface area contributed by atoms with Crippen LogP contribution in [-0.4, -0.2) is 58.7 Å². The number of halogens is 2. The van der Waals surface area contributed by atoms with Crippen LogP contribution >= 0.6 is 27.3 Å². The number of amidine groups is 1. The van der Waals surface area contributed by atoms with E-state index in [1.807, 2.05) is 10.3 Å². The van der Waals surface area contributed by atoms with Gasteiger partial charge in [0.15, 0.2) is 10.8 Å². The van der Waals surface area contributed by atoms with Gasteiger partial charge in [-0.3, -0.25) is 9.79 Å². The van der Waals surface area contributed by atoms with Crippen molar-refractivity contribution in [1.82, 2.24) is 14.8 Å². The van der Waals surface area contributed by atoms with Gasteiger partial charge in [0.2, 0.25) is 5.91 Å². The summed E-state index contributed by atoms with van der Waals surface area (Å²) in [5, 5.41) is 2.57. The summed E-state index contributed by atoms with van der Waals surface area (Å²) >= 11 is 4.86. The van der Waals surface area contributed by atoms with E-state index in [1.165, 1.54) is 30.4 Å². The SMILES string of the molecule is CCOC(=O)C1=C2CN(C(C)=O)CCN2C(c2nccs2)=NC1c1ccc(F)cc1Br. The molecule has 162 valence electrons. The Kier molecular flexibility index (Phi) is 6.19. The third-order valence-electron chi connectivity index (χ3n) is 5.17. The average Bonchev–Trinajstić information content (AvgIpc) is 3.27. The summed E-state index contributed by atoms with van der Waals surface area (Å²) in [4.78, 5) is 38.2. The number of hydrogen-bond donors (Lipinski definition) is 0. The van der Waals surface area contributed by atoms with Crippen LogP contribution in [0.4, 0.5) is 4.39 Å². The number of aliphatic imine (C=N–C) groups is 1. The van der Waals surface area contributed by atoms with Gasteiger partial charge in [-0.05, 0) is 24.6 Å². The number of carbonyl (C=O) groups is 2. The Morgan fingerprint density at radius 1 is 1.35 bits per heavy atom. The predicted molar refractivity (Wildman–Crippen MR) is 118 cm³/mol. The zero-order chi connectivity index (χ0) is 22.1. The van der Waals surface area contributed by atoms with Crippen molar-refractivity contribution in [3.63, 3.8) is 0 Å². The zero-order valence-corrected chi connectivity index (χ0v) is 19.4. The number of nitrogens with zero attached hydrogens (tertiary/aromatic N) is 4. The van der Waals surface area contributed by atoms with Gasteiger partial charge in [0.05, 0.1) is 24.4 Å². The molecule has 0 bridgehead atoms. The van der Waals surface area contributed by atoms with Crippen LogP contribution in [0.15, 0.2) is 50.5 Å². The molecular weight excluding hydrogens is 487 g/mol. The van der Waals surface area contributed by atoms with Gasteiger partial charge in [0, 0.05) is 36.1 Å². The molecule has 0 N–H and O–H groups in total. The number of thiazole rings is 1. The van der Waals surface area contributed by atoms with Crippen LogP contribution in [-0.2, 0) is 14.3 Å². The number of benzene rings is 1. The largest absolute Gasteiger partial charge is 0.463 e. The van der Waals surface area contributed by atoms with Crippen LogP contribution in [0.2, 0.25) is 0 Å². The van der Waals surface area contributed by atoms with Crippen molar-refractivity contribution >= 4 is 45.0 Å². The van der Waals surface area contributed by atoms with E-state index in [1.54, 1.807) is 24.1 Å². The van der Waals surface area contributed by atoms with Gasteiger partial charge in [-0.25, -0.2) is 14.2 Å². The van der Waals surface area contributed by atoms with E-state index in [9.17, 15) is 14.0 Å². The monoisotopic (exact) mass is 506 g/mol. The summed E-state index contributed by atoms with van der Waals surface area (Å²) in [6, 6.07) is 3.55. The molecule has 10 heteroatoms. The maximum atomic E-state index is 13.8. The molecular formula is C21H20BrFN4O3S. The lowest BCUT2D eigenvalue weighted by Crippen LogP contribution is -2.51. The van der Waals surface area contributed by atoms with E-state index < -0.39 is 17.8 Å². The van der Waals surface area contributed by atoms with E-state index in [2.05, 4.69) is 20.9 Å². The molecule has 0 radical (unpaired) electrons. The van der Waals surface area contributed by atoms with E-state index in [0.717, 1.165) is 0 Å². The van der Waals surface area contributed by atoms with Crippen molar-refractivity contribution in [3.8, 4) is 0 Å². The zero-order valence-electron chi connectivity index (χ0n) is 17.0. The number of ether oxygens (including phenoxy) is 1. The highest BCUT2D eigenvalue weighted by molar-refractivity contribution is 9.10.